The molecule has 3 heterocycles. The lowest BCUT2D eigenvalue weighted by atomic mass is 9.98. The molecule has 0 bridgehead atoms. The van der Waals surface area contributed by atoms with Crippen molar-refractivity contribution in [1.29, 1.82) is 0 Å². The Hall–Kier alpha value is -2.73. The Balaban J connectivity index is 1.56. The van der Waals surface area contributed by atoms with E-state index in [9.17, 15) is 4.79 Å². The van der Waals surface area contributed by atoms with Crippen molar-refractivity contribution >= 4 is 16.8 Å². The highest BCUT2D eigenvalue weighted by atomic mass is 16.1. The number of amides is 1. The van der Waals surface area contributed by atoms with Gasteiger partial charge in [0.2, 0.25) is 6.20 Å². The van der Waals surface area contributed by atoms with Gasteiger partial charge in [0.15, 0.2) is 7.05 Å². The van der Waals surface area contributed by atoms with Crippen molar-refractivity contribution in [3.05, 3.63) is 47.9 Å². The molecule has 1 spiro atoms. The number of H-pyrrole nitrogens is 1. The average Bonchev–Trinajstić information content (AvgIpc) is 3.32. The number of hydrogen-bond donors (Lipinski definition) is 2. The summed E-state index contributed by atoms with van der Waals surface area (Å²) in [7, 11) is 1.94. The maximum Gasteiger partial charge on any atom is 0.267 e. The number of aromatic nitrogens is 3. The van der Waals surface area contributed by atoms with Gasteiger partial charge in [-0.3, -0.25) is 9.69 Å². The number of primary amides is 1. The number of aryl methyl sites for hydroxylation is 1. The summed E-state index contributed by atoms with van der Waals surface area (Å²) < 4.78 is 1.88. The minimum atomic E-state index is -0.499. The Bertz CT molecular complexity index is 1070. The molecule has 1 aliphatic heterocycles. The van der Waals surface area contributed by atoms with Crippen LogP contribution in [0.3, 0.4) is 0 Å². The number of nitrogens with two attached hydrogens (primary N) is 1. The third-order valence-electron chi connectivity index (χ3n) is 6.39. The lowest BCUT2D eigenvalue weighted by molar-refractivity contribution is -0.726. The van der Waals surface area contributed by atoms with Crippen molar-refractivity contribution in [2.24, 2.45) is 12.8 Å². The molecule has 28 heavy (non-hydrogen) atoms. The second kappa shape index (κ2) is 6.41. The van der Waals surface area contributed by atoms with Crippen LogP contribution in [0.2, 0.25) is 0 Å². The molecular weight excluding hydrogens is 350 g/mol. The minimum absolute atomic E-state index is 0.306. The second-order valence-corrected chi connectivity index (χ2v) is 8.34. The average molecular weight is 376 g/mol. The monoisotopic (exact) mass is 376 g/mol. The van der Waals surface area contributed by atoms with E-state index in [1.807, 2.05) is 24.1 Å². The van der Waals surface area contributed by atoms with E-state index >= 15 is 0 Å². The Labute approximate surface area is 164 Å². The van der Waals surface area contributed by atoms with Crippen LogP contribution in [0, 0.1) is 0 Å². The molecule has 1 amide bonds. The van der Waals surface area contributed by atoms with Crippen LogP contribution in [0.5, 0.6) is 0 Å². The second-order valence-electron chi connectivity index (χ2n) is 8.34. The first-order valence-corrected chi connectivity index (χ1v) is 10.1. The van der Waals surface area contributed by atoms with E-state index in [4.69, 9.17) is 5.73 Å². The van der Waals surface area contributed by atoms with Gasteiger partial charge in [0, 0.05) is 23.0 Å². The molecular formula is C22H26N5O+. The third-order valence-corrected chi connectivity index (χ3v) is 6.39. The first-order chi connectivity index (χ1) is 13.5. The van der Waals surface area contributed by atoms with Crippen LogP contribution in [0.4, 0.5) is 0 Å². The summed E-state index contributed by atoms with van der Waals surface area (Å²) in [5.41, 5.74) is 10.4. The fraction of sp³-hybridized carbons (Fsp3) is 0.409. The summed E-state index contributed by atoms with van der Waals surface area (Å²) >= 11 is 0. The van der Waals surface area contributed by atoms with Gasteiger partial charge in [-0.05, 0) is 49.9 Å². The van der Waals surface area contributed by atoms with Crippen LogP contribution in [0.15, 0.2) is 36.7 Å². The fourth-order valence-corrected chi connectivity index (χ4v) is 4.67. The molecule has 2 aromatic heterocycles. The van der Waals surface area contributed by atoms with Crippen molar-refractivity contribution < 1.29 is 9.48 Å². The van der Waals surface area contributed by atoms with E-state index in [1.54, 1.807) is 6.07 Å². The van der Waals surface area contributed by atoms with Gasteiger partial charge in [-0.2, -0.15) is 5.10 Å². The van der Waals surface area contributed by atoms with Crippen molar-refractivity contribution in [3.8, 4) is 11.1 Å². The number of rotatable bonds is 4. The number of carbonyl (C=O) groups is 1. The summed E-state index contributed by atoms with van der Waals surface area (Å²) in [6, 6.07) is 8.25. The van der Waals surface area contributed by atoms with Crippen molar-refractivity contribution in [2.75, 3.05) is 6.54 Å². The van der Waals surface area contributed by atoms with E-state index in [2.05, 4.69) is 33.2 Å². The number of likely N-dealkylation sites (tertiary alicyclic amines) is 1. The van der Waals surface area contributed by atoms with Crippen LogP contribution in [-0.4, -0.2) is 33.0 Å². The number of pyridine rings is 1. The number of fused-ring (bicyclic) bond motifs is 1. The normalized spacial score (nSPS) is 18.6. The van der Waals surface area contributed by atoms with Crippen LogP contribution in [0.25, 0.3) is 22.0 Å². The standard InChI is InChI=1S/C22H25N5O/c1-26-14-16(12-24-26)18-11-20(21(23)28)25-19-10-15(4-5-17(18)19)13-27-9-3-2-6-22(27)7-8-22/h4-5,10-12,14H,2-3,6-9,13H2,1H3,(H2,23,28)/p+1. The maximum atomic E-state index is 11.9. The fourth-order valence-electron chi connectivity index (χ4n) is 4.67. The summed E-state index contributed by atoms with van der Waals surface area (Å²) in [6.45, 7) is 2.13. The van der Waals surface area contributed by atoms with E-state index in [1.165, 1.54) is 44.2 Å². The van der Waals surface area contributed by atoms with Crippen LogP contribution in [0.1, 0.15) is 48.2 Å². The largest absolute Gasteiger partial charge is 0.364 e. The van der Waals surface area contributed by atoms with Gasteiger partial charge in [-0.1, -0.05) is 18.6 Å². The Kier molecular flexibility index (Phi) is 3.98. The van der Waals surface area contributed by atoms with Crippen molar-refractivity contribution in [3.63, 3.8) is 0 Å². The molecule has 1 aliphatic carbocycles. The zero-order valence-corrected chi connectivity index (χ0v) is 16.2. The van der Waals surface area contributed by atoms with Crippen molar-refractivity contribution in [1.82, 2.24) is 15.0 Å². The summed E-state index contributed by atoms with van der Waals surface area (Å²) in [6.07, 6.45) is 10.6. The molecule has 2 aliphatic rings. The lowest BCUT2D eigenvalue weighted by Gasteiger charge is -2.36. The highest BCUT2D eigenvalue weighted by Gasteiger charge is 2.48. The molecule has 1 saturated carbocycles. The Morgan fingerprint density at radius 2 is 2.14 bits per heavy atom. The first kappa shape index (κ1) is 17.4. The smallest absolute Gasteiger partial charge is 0.267 e. The van der Waals surface area contributed by atoms with Crippen LogP contribution < -0.4 is 10.4 Å². The molecule has 1 saturated heterocycles. The van der Waals surface area contributed by atoms with Gasteiger partial charge in [0.1, 0.15) is 5.69 Å². The molecule has 1 aromatic carbocycles. The topological polar surface area (TPSA) is 78.9 Å². The predicted molar refractivity (Wildman–Crippen MR) is 107 cm³/mol. The molecule has 144 valence electrons. The van der Waals surface area contributed by atoms with E-state index in [-0.39, 0.29) is 0 Å². The van der Waals surface area contributed by atoms with Crippen LogP contribution in [-0.2, 0) is 13.6 Å². The Morgan fingerprint density at radius 1 is 1.29 bits per heavy atom. The number of piperidine rings is 1. The molecule has 3 aromatic rings. The number of hydrogen-bond acceptors (Lipinski definition) is 3. The van der Waals surface area contributed by atoms with Gasteiger partial charge in [-0.25, -0.2) is 4.98 Å². The number of benzene rings is 1. The number of carbonyl (C=O) groups excluding carboxylic acids is 1. The number of nitrogens with zero attached hydrogens (tertiary/aromatic N) is 3. The predicted octanol–water partition coefficient (Wildman–Crippen LogP) is 2.67. The molecule has 0 atom stereocenters. The SMILES string of the molecule is C[n+]1cc(-c2cc(C(N)=O)nc3cc(CN4CCCCC45CC5)ccc23)c[nH]1. The molecule has 2 fully saturated rings. The van der Waals surface area contributed by atoms with Crippen molar-refractivity contribution in [2.45, 2.75) is 44.2 Å². The quantitative estimate of drug-likeness (QED) is 0.687. The van der Waals surface area contributed by atoms with Crippen LogP contribution >= 0.6 is 0 Å². The summed E-state index contributed by atoms with van der Waals surface area (Å²) in [5.74, 6) is -0.499. The molecule has 0 unspecified atom stereocenters. The molecule has 6 nitrogen and oxygen atoms in total. The van der Waals surface area contributed by atoms with E-state index in [0.29, 0.717) is 11.2 Å². The molecule has 5 rings (SSSR count). The zero-order valence-electron chi connectivity index (χ0n) is 16.2. The maximum absolute atomic E-state index is 11.9. The molecule has 3 N–H and O–H groups in total. The molecule has 0 radical (unpaired) electrons. The number of aromatic amines is 1. The van der Waals surface area contributed by atoms with Gasteiger partial charge >= 0.3 is 0 Å². The van der Waals surface area contributed by atoms with Gasteiger partial charge in [0.05, 0.1) is 17.3 Å². The summed E-state index contributed by atoms with van der Waals surface area (Å²) in [5, 5.41) is 4.17. The zero-order chi connectivity index (χ0) is 19.3. The first-order valence-electron chi connectivity index (χ1n) is 10.1. The van der Waals surface area contributed by atoms with Gasteiger partial charge < -0.3 is 5.73 Å². The summed E-state index contributed by atoms with van der Waals surface area (Å²) in [4.78, 5) is 19.1. The Morgan fingerprint density at radius 3 is 2.86 bits per heavy atom. The minimum Gasteiger partial charge on any atom is -0.364 e. The number of nitrogens with one attached hydrogen (secondary N) is 1. The van der Waals surface area contributed by atoms with E-state index < -0.39 is 5.91 Å². The third kappa shape index (κ3) is 2.98. The van der Waals surface area contributed by atoms with Gasteiger partial charge in [0.25, 0.3) is 5.91 Å². The lowest BCUT2D eigenvalue weighted by Crippen LogP contribution is -2.40. The molecule has 6 heteroatoms. The van der Waals surface area contributed by atoms with Gasteiger partial charge in [-0.15, -0.1) is 4.68 Å². The highest BCUT2D eigenvalue weighted by Crippen LogP contribution is 2.48. The van der Waals surface area contributed by atoms with E-state index in [0.717, 1.165) is 28.6 Å². The highest BCUT2D eigenvalue weighted by molar-refractivity contribution is 6.00.